The summed E-state index contributed by atoms with van der Waals surface area (Å²) in [5.74, 6) is 3.64. The van der Waals surface area contributed by atoms with Gasteiger partial charge < -0.3 is 5.11 Å². The summed E-state index contributed by atoms with van der Waals surface area (Å²) < 4.78 is 0. The first-order chi connectivity index (χ1) is 14.6. The maximum Gasteiger partial charge on any atom is 0.130 e. The summed E-state index contributed by atoms with van der Waals surface area (Å²) in [5.41, 5.74) is -0.366. The Balaban J connectivity index is 1.45. The fourth-order valence-electron chi connectivity index (χ4n) is 8.71. The molecule has 0 amide bonds. The van der Waals surface area contributed by atoms with Gasteiger partial charge in [-0.05, 0) is 73.7 Å². The highest BCUT2D eigenvalue weighted by molar-refractivity contribution is 5.33. The summed E-state index contributed by atoms with van der Waals surface area (Å²) in [4.78, 5) is 12.8. The average Bonchev–Trinajstić information content (AvgIpc) is 3.09. The number of rotatable bonds is 4. The predicted molar refractivity (Wildman–Crippen MR) is 124 cm³/mol. The third-order valence-corrected chi connectivity index (χ3v) is 11.1. The third kappa shape index (κ3) is 2.88. The lowest BCUT2D eigenvalue weighted by Gasteiger charge is -2.69. The minimum absolute atomic E-state index is 0.0663. The molecule has 2 spiro atoms. The molecule has 174 valence electrons. The molecule has 6 aliphatic rings. The number of hydrogen-bond donors (Lipinski definition) is 1. The van der Waals surface area contributed by atoms with Crippen LogP contribution in [0.4, 0.5) is 0 Å². The second kappa shape index (κ2) is 7.18. The van der Waals surface area contributed by atoms with Crippen LogP contribution in [-0.2, 0) is 9.78 Å². The summed E-state index contributed by atoms with van der Waals surface area (Å²) in [6.07, 6.45) is 17.0. The minimum atomic E-state index is -0.439. The van der Waals surface area contributed by atoms with Gasteiger partial charge in [-0.15, -0.1) is 0 Å². The van der Waals surface area contributed by atoms with Crippen LogP contribution in [0.5, 0.6) is 0 Å². The zero-order chi connectivity index (χ0) is 22.2. The van der Waals surface area contributed by atoms with Crippen LogP contribution in [-0.4, -0.2) is 22.4 Å². The lowest BCUT2D eigenvalue weighted by molar-refractivity contribution is -0.497. The number of hydrogen-bond acceptors (Lipinski definition) is 3. The number of aliphatic hydroxyl groups excluding tert-OH is 1. The van der Waals surface area contributed by atoms with Crippen molar-refractivity contribution in [2.45, 2.75) is 104 Å². The Hall–Kier alpha value is -0.640. The van der Waals surface area contributed by atoms with Gasteiger partial charge in [0.2, 0.25) is 0 Å². The molecule has 2 aliphatic heterocycles. The average molecular weight is 429 g/mol. The van der Waals surface area contributed by atoms with Crippen LogP contribution in [0.2, 0.25) is 0 Å². The highest BCUT2D eigenvalue weighted by Gasteiger charge is 2.74. The quantitative estimate of drug-likeness (QED) is 0.412. The molecule has 4 fully saturated rings. The molecule has 6 rings (SSSR count). The Morgan fingerprint density at radius 3 is 2.35 bits per heavy atom. The van der Waals surface area contributed by atoms with Crippen molar-refractivity contribution in [2.75, 3.05) is 0 Å². The Labute approximate surface area is 189 Å². The van der Waals surface area contributed by atoms with E-state index < -0.39 is 5.60 Å². The van der Waals surface area contributed by atoms with Crippen molar-refractivity contribution in [2.24, 2.45) is 46.3 Å². The largest absolute Gasteiger partial charge is 0.393 e. The molecule has 0 aromatic carbocycles. The topological polar surface area (TPSA) is 38.7 Å². The Kier molecular flexibility index (Phi) is 5.13. The molecule has 3 nitrogen and oxygen atoms in total. The van der Waals surface area contributed by atoms with E-state index in [4.69, 9.17) is 9.78 Å². The second-order valence-corrected chi connectivity index (χ2v) is 12.7. The second-order valence-electron chi connectivity index (χ2n) is 12.7. The molecule has 1 N–H and O–H groups in total. The lowest BCUT2D eigenvalue weighted by Crippen LogP contribution is -2.73. The maximum atomic E-state index is 10.4. The van der Waals surface area contributed by atoms with Crippen molar-refractivity contribution in [1.82, 2.24) is 0 Å². The maximum absolute atomic E-state index is 10.4. The van der Waals surface area contributed by atoms with Gasteiger partial charge in [-0.25, -0.2) is 9.78 Å². The van der Waals surface area contributed by atoms with Gasteiger partial charge >= 0.3 is 0 Å². The van der Waals surface area contributed by atoms with Crippen molar-refractivity contribution in [3.8, 4) is 0 Å². The van der Waals surface area contributed by atoms with E-state index in [-0.39, 0.29) is 22.5 Å². The highest BCUT2D eigenvalue weighted by atomic mass is 17.2. The van der Waals surface area contributed by atoms with Gasteiger partial charge in [0, 0.05) is 23.7 Å². The van der Waals surface area contributed by atoms with E-state index in [2.05, 4.69) is 65.8 Å². The Bertz CT molecular complexity index is 772. The fourth-order valence-corrected chi connectivity index (χ4v) is 8.71. The number of aliphatic hydroxyl groups is 1. The molecule has 3 saturated carbocycles. The van der Waals surface area contributed by atoms with Crippen LogP contribution in [0.3, 0.4) is 0 Å². The minimum Gasteiger partial charge on any atom is -0.393 e. The van der Waals surface area contributed by atoms with Gasteiger partial charge in [0.1, 0.15) is 11.2 Å². The van der Waals surface area contributed by atoms with E-state index in [1.165, 1.54) is 25.7 Å². The molecular weight excluding hydrogens is 384 g/mol. The van der Waals surface area contributed by atoms with Gasteiger partial charge in [-0.1, -0.05) is 59.8 Å². The summed E-state index contributed by atoms with van der Waals surface area (Å²) in [6, 6.07) is 0. The van der Waals surface area contributed by atoms with Gasteiger partial charge in [0.15, 0.2) is 0 Å². The lowest BCUT2D eigenvalue weighted by atomic mass is 9.43. The van der Waals surface area contributed by atoms with E-state index >= 15 is 0 Å². The van der Waals surface area contributed by atoms with Gasteiger partial charge in [0.25, 0.3) is 0 Å². The summed E-state index contributed by atoms with van der Waals surface area (Å²) in [6.45, 7) is 14.4. The first-order valence-corrected chi connectivity index (χ1v) is 13.0. The van der Waals surface area contributed by atoms with E-state index in [0.717, 1.165) is 12.8 Å². The van der Waals surface area contributed by atoms with Crippen LogP contribution in [0, 0.1) is 46.3 Å². The molecule has 3 heteroatoms. The SMILES string of the molecule is CC(C)[C@H](C)C=C[C@@H](C)C1CC[C@H]2[C@@]34C=C[C@]5(C[C@@H](O)CC[C@]5(C)[C@H]3CC[C@]12C)OO4. The van der Waals surface area contributed by atoms with Gasteiger partial charge in [0.05, 0.1) is 6.10 Å². The Morgan fingerprint density at radius 2 is 1.68 bits per heavy atom. The smallest absolute Gasteiger partial charge is 0.130 e. The van der Waals surface area contributed by atoms with Crippen LogP contribution < -0.4 is 0 Å². The van der Waals surface area contributed by atoms with E-state index in [0.29, 0.717) is 41.9 Å². The zero-order valence-electron chi connectivity index (χ0n) is 20.6. The van der Waals surface area contributed by atoms with Crippen LogP contribution in [0.1, 0.15) is 86.5 Å². The van der Waals surface area contributed by atoms with Crippen LogP contribution in [0.15, 0.2) is 24.3 Å². The molecular formula is C28H44O3. The van der Waals surface area contributed by atoms with Gasteiger partial charge in [-0.2, -0.15) is 0 Å². The molecule has 10 atom stereocenters. The van der Waals surface area contributed by atoms with Crippen molar-refractivity contribution in [3.63, 3.8) is 0 Å². The summed E-state index contributed by atoms with van der Waals surface area (Å²) in [5, 5.41) is 10.4. The number of fused-ring (bicyclic) bond motifs is 2. The van der Waals surface area contributed by atoms with Gasteiger partial charge in [-0.3, -0.25) is 0 Å². The van der Waals surface area contributed by atoms with E-state index in [9.17, 15) is 5.11 Å². The van der Waals surface area contributed by atoms with Crippen LogP contribution >= 0.6 is 0 Å². The van der Waals surface area contributed by atoms with Crippen molar-refractivity contribution in [1.29, 1.82) is 0 Å². The summed E-state index contributed by atoms with van der Waals surface area (Å²) >= 11 is 0. The molecule has 0 aromatic rings. The zero-order valence-corrected chi connectivity index (χ0v) is 20.6. The van der Waals surface area contributed by atoms with Crippen molar-refractivity contribution >= 4 is 0 Å². The van der Waals surface area contributed by atoms with Crippen molar-refractivity contribution in [3.05, 3.63) is 24.3 Å². The molecule has 1 saturated heterocycles. The normalized spacial score (nSPS) is 52.8. The monoisotopic (exact) mass is 428 g/mol. The molecule has 1 unspecified atom stereocenters. The van der Waals surface area contributed by atoms with E-state index in [1.807, 2.05) is 0 Å². The first-order valence-electron chi connectivity index (χ1n) is 13.0. The summed E-state index contributed by atoms with van der Waals surface area (Å²) in [7, 11) is 0. The van der Waals surface area contributed by atoms with Crippen LogP contribution in [0.25, 0.3) is 0 Å². The highest BCUT2D eigenvalue weighted by Crippen LogP contribution is 2.72. The molecule has 4 aliphatic carbocycles. The Morgan fingerprint density at radius 1 is 0.903 bits per heavy atom. The molecule has 2 heterocycles. The number of allylic oxidation sites excluding steroid dienone is 2. The molecule has 31 heavy (non-hydrogen) atoms. The molecule has 0 aromatic heterocycles. The van der Waals surface area contributed by atoms with Crippen molar-refractivity contribution < 1.29 is 14.9 Å². The standard InChI is InChI=1S/C28H44O3/c1-18(2)19(3)7-8-20(4)22-9-10-23-25(22,5)13-12-24-26(6)14-11-21(29)17-27(26)15-16-28(23,24)31-30-27/h7-8,15-16,18-24,29H,9-14,17H2,1-6H3/t19-,20-,21+,22?,23-,24-,25-,26-,27-,28+/m1/s1. The van der Waals surface area contributed by atoms with E-state index in [1.54, 1.807) is 0 Å². The predicted octanol–water partition coefficient (Wildman–Crippen LogP) is 6.47. The first kappa shape index (κ1) is 22.2. The fraction of sp³-hybridized carbons (Fsp3) is 0.857. The third-order valence-electron chi connectivity index (χ3n) is 11.1. The molecule has 2 bridgehead atoms. The molecule has 0 radical (unpaired) electrons.